The van der Waals surface area contributed by atoms with Crippen molar-refractivity contribution in [2.24, 2.45) is 23.2 Å². The van der Waals surface area contributed by atoms with Gasteiger partial charge in [-0.15, -0.1) is 0 Å². The first-order chi connectivity index (χ1) is 14.9. The number of rotatable bonds is 5. The van der Waals surface area contributed by atoms with Crippen molar-refractivity contribution >= 4 is 41.0 Å². The molecule has 0 atom stereocenters. The van der Waals surface area contributed by atoms with E-state index in [0.29, 0.717) is 22.0 Å². The van der Waals surface area contributed by atoms with E-state index in [0.717, 1.165) is 37.0 Å². The average Bonchev–Trinajstić information content (AvgIpc) is 3.08. The number of amides is 1. The third-order valence-electron chi connectivity index (χ3n) is 7.23. The van der Waals surface area contributed by atoms with Crippen LogP contribution in [0.2, 0.25) is 10.0 Å². The molecular weight excluding hydrogens is 439 g/mol. The Balaban J connectivity index is 1.41. The van der Waals surface area contributed by atoms with Crippen LogP contribution in [0, 0.1) is 23.2 Å². The quantitative estimate of drug-likeness (QED) is 0.552. The third kappa shape index (κ3) is 3.74. The van der Waals surface area contributed by atoms with Crippen LogP contribution in [0.25, 0.3) is 11.3 Å². The largest absolute Gasteiger partial charge is 0.465 e. The van der Waals surface area contributed by atoms with Crippen LogP contribution in [0.5, 0.6) is 0 Å². The van der Waals surface area contributed by atoms with E-state index in [-0.39, 0.29) is 28.5 Å². The number of aromatic nitrogens is 1. The molecule has 0 unspecified atom stereocenters. The number of hydrogen-bond donors (Lipinski definition) is 1. The second-order valence-electron chi connectivity index (χ2n) is 9.47. The van der Waals surface area contributed by atoms with E-state index in [1.54, 1.807) is 18.2 Å². The molecule has 4 aliphatic carbocycles. The van der Waals surface area contributed by atoms with Gasteiger partial charge in [-0.1, -0.05) is 34.4 Å². The van der Waals surface area contributed by atoms with Crippen molar-refractivity contribution in [3.8, 4) is 11.3 Å². The molecule has 164 valence electrons. The molecule has 31 heavy (non-hydrogen) atoms. The Morgan fingerprint density at radius 3 is 2.26 bits per heavy atom. The highest BCUT2D eigenvalue weighted by Crippen LogP contribution is 2.61. The molecule has 1 aromatic carbocycles. The summed E-state index contributed by atoms with van der Waals surface area (Å²) in [5, 5.41) is 7.41. The highest BCUT2D eigenvalue weighted by atomic mass is 35.5. The molecule has 1 amide bonds. The Hall–Kier alpha value is -2.05. The maximum atomic E-state index is 13.0. The molecule has 0 aliphatic heterocycles. The van der Waals surface area contributed by atoms with E-state index in [1.807, 2.05) is 0 Å². The van der Waals surface area contributed by atoms with Gasteiger partial charge in [-0.3, -0.25) is 10.1 Å². The van der Waals surface area contributed by atoms with Crippen LogP contribution in [0.4, 0.5) is 5.88 Å². The lowest BCUT2D eigenvalue weighted by Crippen LogP contribution is -2.47. The predicted octanol–water partition coefficient (Wildman–Crippen LogP) is 5.98. The second kappa shape index (κ2) is 7.82. The molecular formula is C23H24Cl2N2O4. The van der Waals surface area contributed by atoms with Crippen molar-refractivity contribution < 1.29 is 18.8 Å². The lowest BCUT2D eigenvalue weighted by Gasteiger charge is -2.56. The van der Waals surface area contributed by atoms with Gasteiger partial charge in [-0.05, 0) is 73.8 Å². The number of methoxy groups -OCH3 is 1. The van der Waals surface area contributed by atoms with Gasteiger partial charge in [0, 0.05) is 12.0 Å². The SMILES string of the molecule is COC(=O)c1c(-c2c(Cl)cccc2Cl)noc1NC(=O)CC12CC3CC(CC(C3)C1)C2. The molecule has 6 rings (SSSR count). The molecule has 1 N–H and O–H groups in total. The van der Waals surface area contributed by atoms with E-state index in [2.05, 4.69) is 10.5 Å². The van der Waals surface area contributed by atoms with Crippen molar-refractivity contribution in [3.05, 3.63) is 33.8 Å². The topological polar surface area (TPSA) is 81.4 Å². The van der Waals surface area contributed by atoms with Crippen LogP contribution >= 0.6 is 23.2 Å². The summed E-state index contributed by atoms with van der Waals surface area (Å²) in [7, 11) is 1.26. The van der Waals surface area contributed by atoms with Crippen LogP contribution < -0.4 is 5.32 Å². The van der Waals surface area contributed by atoms with Gasteiger partial charge in [-0.25, -0.2) is 4.79 Å². The van der Waals surface area contributed by atoms with Gasteiger partial charge in [0.1, 0.15) is 5.69 Å². The Morgan fingerprint density at radius 2 is 1.71 bits per heavy atom. The zero-order valence-electron chi connectivity index (χ0n) is 17.2. The number of nitrogens with one attached hydrogen (secondary N) is 1. The summed E-state index contributed by atoms with van der Waals surface area (Å²) in [6, 6.07) is 4.98. The molecule has 4 fully saturated rings. The van der Waals surface area contributed by atoms with E-state index < -0.39 is 5.97 Å². The monoisotopic (exact) mass is 462 g/mol. The summed E-state index contributed by atoms with van der Waals surface area (Å²) in [4.78, 5) is 25.6. The van der Waals surface area contributed by atoms with Crippen molar-refractivity contribution in [1.82, 2.24) is 5.16 Å². The fraction of sp³-hybridized carbons (Fsp3) is 0.522. The van der Waals surface area contributed by atoms with E-state index in [4.69, 9.17) is 32.5 Å². The lowest BCUT2D eigenvalue weighted by atomic mass is 9.49. The molecule has 0 saturated heterocycles. The Bertz CT molecular complexity index is 993. The van der Waals surface area contributed by atoms with Gasteiger partial charge in [0.05, 0.1) is 17.2 Å². The summed E-state index contributed by atoms with van der Waals surface area (Å²) in [5.74, 6) is 1.38. The minimum atomic E-state index is -0.683. The van der Waals surface area contributed by atoms with Gasteiger partial charge in [0.25, 0.3) is 0 Å². The number of carbonyl (C=O) groups excluding carboxylic acids is 2. The van der Waals surface area contributed by atoms with Crippen LogP contribution in [0.3, 0.4) is 0 Å². The molecule has 2 aromatic rings. The Labute approximate surface area is 190 Å². The summed E-state index contributed by atoms with van der Waals surface area (Å²) in [6.07, 6.45) is 7.74. The first-order valence-corrected chi connectivity index (χ1v) is 11.5. The molecule has 8 heteroatoms. The van der Waals surface area contributed by atoms with Crippen molar-refractivity contribution in [1.29, 1.82) is 0 Å². The zero-order valence-corrected chi connectivity index (χ0v) is 18.8. The van der Waals surface area contributed by atoms with E-state index in [1.165, 1.54) is 26.4 Å². The minimum Gasteiger partial charge on any atom is -0.465 e. The third-order valence-corrected chi connectivity index (χ3v) is 7.86. The van der Waals surface area contributed by atoms with Crippen LogP contribution in [0.15, 0.2) is 22.7 Å². The van der Waals surface area contributed by atoms with Crippen molar-refractivity contribution in [3.63, 3.8) is 0 Å². The second-order valence-corrected chi connectivity index (χ2v) is 10.3. The summed E-state index contributed by atoms with van der Waals surface area (Å²) in [6.45, 7) is 0. The highest BCUT2D eigenvalue weighted by Gasteiger charge is 2.51. The number of anilines is 1. The van der Waals surface area contributed by atoms with Gasteiger partial charge in [0.2, 0.25) is 11.8 Å². The maximum Gasteiger partial charge on any atom is 0.345 e. The summed E-state index contributed by atoms with van der Waals surface area (Å²) in [5.41, 5.74) is 0.583. The van der Waals surface area contributed by atoms with E-state index >= 15 is 0 Å². The predicted molar refractivity (Wildman–Crippen MR) is 117 cm³/mol. The lowest BCUT2D eigenvalue weighted by molar-refractivity contribution is -0.124. The number of hydrogen-bond acceptors (Lipinski definition) is 5. The van der Waals surface area contributed by atoms with Crippen molar-refractivity contribution in [2.45, 2.75) is 44.9 Å². The van der Waals surface area contributed by atoms with Gasteiger partial charge in [-0.2, -0.15) is 0 Å². The van der Waals surface area contributed by atoms with Gasteiger partial charge < -0.3 is 9.26 Å². The van der Waals surface area contributed by atoms with Crippen LogP contribution in [0.1, 0.15) is 55.3 Å². The zero-order chi connectivity index (χ0) is 21.8. The summed E-state index contributed by atoms with van der Waals surface area (Å²) >= 11 is 12.6. The normalized spacial score (nSPS) is 28.5. The minimum absolute atomic E-state index is 0.0105. The number of ether oxygens (including phenoxy) is 1. The van der Waals surface area contributed by atoms with Crippen molar-refractivity contribution in [2.75, 3.05) is 12.4 Å². The highest BCUT2D eigenvalue weighted by molar-refractivity contribution is 6.39. The number of nitrogens with zero attached hydrogens (tertiary/aromatic N) is 1. The van der Waals surface area contributed by atoms with Gasteiger partial charge >= 0.3 is 5.97 Å². The standard InChI is InChI=1S/C23H24Cl2N2O4/c1-30-22(29)19-20(18-15(24)3-2-4-16(18)25)27-31-21(19)26-17(28)11-23-8-12-5-13(9-23)7-14(6-12)10-23/h2-4,12-14H,5-11H2,1H3,(H,26,28). The molecule has 4 aliphatic rings. The molecule has 4 bridgehead atoms. The molecule has 1 heterocycles. The number of halogens is 2. The number of carbonyl (C=O) groups is 2. The molecule has 0 spiro atoms. The molecule has 4 saturated carbocycles. The Morgan fingerprint density at radius 1 is 1.13 bits per heavy atom. The van der Waals surface area contributed by atoms with Crippen LogP contribution in [-0.2, 0) is 9.53 Å². The number of benzene rings is 1. The van der Waals surface area contributed by atoms with Crippen LogP contribution in [-0.4, -0.2) is 24.1 Å². The average molecular weight is 463 g/mol. The smallest absolute Gasteiger partial charge is 0.345 e. The fourth-order valence-electron chi connectivity index (χ4n) is 6.58. The first-order valence-electron chi connectivity index (χ1n) is 10.7. The Kier molecular flexibility index (Phi) is 5.25. The van der Waals surface area contributed by atoms with E-state index in [9.17, 15) is 9.59 Å². The van der Waals surface area contributed by atoms with Gasteiger partial charge in [0.15, 0.2) is 5.56 Å². The molecule has 6 nitrogen and oxygen atoms in total. The first kappa shape index (κ1) is 20.8. The number of esters is 1. The molecule has 0 radical (unpaired) electrons. The fourth-order valence-corrected chi connectivity index (χ4v) is 7.16. The summed E-state index contributed by atoms with van der Waals surface area (Å²) < 4.78 is 10.3. The molecule has 1 aromatic heterocycles. The maximum absolute atomic E-state index is 13.0.